The molecule has 1 fully saturated rings. The number of nitrogens with one attached hydrogen (secondary N) is 2. The number of amides is 3. The van der Waals surface area contributed by atoms with Crippen molar-refractivity contribution >= 4 is 34.9 Å². The molecule has 2 heterocycles. The van der Waals surface area contributed by atoms with Gasteiger partial charge in [0.25, 0.3) is 5.91 Å². The van der Waals surface area contributed by atoms with E-state index in [2.05, 4.69) is 22.5 Å². The minimum absolute atomic E-state index is 0.121. The number of hydrogen-bond donors (Lipinski definition) is 2. The summed E-state index contributed by atoms with van der Waals surface area (Å²) in [6, 6.07) is 12.6. The minimum atomic E-state index is -0.506. The maximum atomic E-state index is 12.8. The zero-order valence-corrected chi connectivity index (χ0v) is 17.8. The second kappa shape index (κ2) is 8.07. The highest BCUT2D eigenvalue weighted by Crippen LogP contribution is 2.38. The molecule has 1 spiro atoms. The standard InChI is InChI=1S/C22H25ClN4O3/c1-3-27-18-9-8-15(23)14-16(18)20(28)25-22(27)10-12-26(13-11-22)21(29)24-17-6-4-5-7-19(17)30-2/h4-9,14H,3,10-13H2,1-2H3,(H,24,29)(H,25,28). The summed E-state index contributed by atoms with van der Waals surface area (Å²) in [6.45, 7) is 3.86. The summed E-state index contributed by atoms with van der Waals surface area (Å²) >= 11 is 6.09. The molecule has 7 nitrogen and oxygen atoms in total. The van der Waals surface area contributed by atoms with Gasteiger partial charge in [-0.2, -0.15) is 0 Å². The van der Waals surface area contributed by atoms with Crippen molar-refractivity contribution in [2.24, 2.45) is 0 Å². The zero-order valence-electron chi connectivity index (χ0n) is 17.1. The number of nitrogens with zero attached hydrogens (tertiary/aromatic N) is 2. The molecule has 0 saturated carbocycles. The van der Waals surface area contributed by atoms with Gasteiger partial charge in [0.05, 0.1) is 24.0 Å². The van der Waals surface area contributed by atoms with Gasteiger partial charge in [-0.25, -0.2) is 4.79 Å². The van der Waals surface area contributed by atoms with Crippen LogP contribution >= 0.6 is 11.6 Å². The molecule has 3 amide bonds. The van der Waals surface area contributed by atoms with Crippen molar-refractivity contribution in [1.82, 2.24) is 10.2 Å². The molecule has 2 N–H and O–H groups in total. The van der Waals surface area contributed by atoms with E-state index in [4.69, 9.17) is 16.3 Å². The van der Waals surface area contributed by atoms with Crippen molar-refractivity contribution < 1.29 is 14.3 Å². The third-order valence-corrected chi connectivity index (χ3v) is 6.13. The molecule has 0 unspecified atom stereocenters. The van der Waals surface area contributed by atoms with Gasteiger partial charge in [-0.1, -0.05) is 23.7 Å². The lowest BCUT2D eigenvalue weighted by molar-refractivity contribution is 0.0808. The summed E-state index contributed by atoms with van der Waals surface area (Å²) < 4.78 is 5.31. The first-order chi connectivity index (χ1) is 14.5. The molecule has 2 aliphatic rings. The van der Waals surface area contributed by atoms with E-state index in [0.717, 1.165) is 12.2 Å². The number of hydrogen-bond acceptors (Lipinski definition) is 4. The fourth-order valence-corrected chi connectivity index (χ4v) is 4.56. The monoisotopic (exact) mass is 428 g/mol. The van der Waals surface area contributed by atoms with Gasteiger partial charge in [-0.3, -0.25) is 4.79 Å². The quantitative estimate of drug-likeness (QED) is 0.776. The van der Waals surface area contributed by atoms with Crippen LogP contribution in [0.5, 0.6) is 5.75 Å². The molecule has 8 heteroatoms. The zero-order chi connectivity index (χ0) is 21.3. The lowest BCUT2D eigenvalue weighted by Crippen LogP contribution is -2.68. The number of carbonyl (C=O) groups is 2. The molecule has 2 aliphatic heterocycles. The van der Waals surface area contributed by atoms with Gasteiger partial charge in [0.2, 0.25) is 0 Å². The van der Waals surface area contributed by atoms with Crippen LogP contribution in [0.3, 0.4) is 0 Å². The average molecular weight is 429 g/mol. The number of carbonyl (C=O) groups excluding carboxylic acids is 2. The Morgan fingerprint density at radius 1 is 1.23 bits per heavy atom. The molecule has 2 aromatic carbocycles. The van der Waals surface area contributed by atoms with Crippen molar-refractivity contribution in [3.8, 4) is 5.75 Å². The van der Waals surface area contributed by atoms with E-state index in [1.54, 1.807) is 24.1 Å². The fourth-order valence-electron chi connectivity index (χ4n) is 4.39. The van der Waals surface area contributed by atoms with Crippen LogP contribution in [-0.2, 0) is 0 Å². The summed E-state index contributed by atoms with van der Waals surface area (Å²) in [4.78, 5) is 29.6. The topological polar surface area (TPSA) is 73.9 Å². The highest BCUT2D eigenvalue weighted by molar-refractivity contribution is 6.31. The van der Waals surface area contributed by atoms with Crippen LogP contribution in [0, 0.1) is 0 Å². The molecular weight excluding hydrogens is 404 g/mol. The Hall–Kier alpha value is -2.93. The number of methoxy groups -OCH3 is 1. The number of rotatable bonds is 3. The van der Waals surface area contributed by atoms with E-state index < -0.39 is 5.66 Å². The molecule has 1 saturated heterocycles. The van der Waals surface area contributed by atoms with E-state index in [0.29, 0.717) is 48.0 Å². The average Bonchev–Trinajstić information content (AvgIpc) is 2.75. The van der Waals surface area contributed by atoms with Crippen LogP contribution in [0.2, 0.25) is 5.02 Å². The highest BCUT2D eigenvalue weighted by Gasteiger charge is 2.45. The Kier molecular flexibility index (Phi) is 5.47. The molecule has 4 rings (SSSR count). The van der Waals surface area contributed by atoms with Gasteiger partial charge in [0.15, 0.2) is 0 Å². The predicted octanol–water partition coefficient (Wildman–Crippen LogP) is 3.94. The number of halogens is 1. The normalized spacial score (nSPS) is 17.4. The second-order valence-electron chi connectivity index (χ2n) is 7.51. The Morgan fingerprint density at radius 3 is 2.67 bits per heavy atom. The lowest BCUT2D eigenvalue weighted by Gasteiger charge is -2.52. The van der Waals surface area contributed by atoms with E-state index >= 15 is 0 Å². The van der Waals surface area contributed by atoms with E-state index in [-0.39, 0.29) is 11.9 Å². The first kappa shape index (κ1) is 20.3. The van der Waals surface area contributed by atoms with Crippen molar-refractivity contribution in [3.63, 3.8) is 0 Å². The van der Waals surface area contributed by atoms with Gasteiger partial charge < -0.3 is 25.2 Å². The van der Waals surface area contributed by atoms with Crippen molar-refractivity contribution in [2.75, 3.05) is 37.0 Å². The van der Waals surface area contributed by atoms with E-state index in [1.807, 2.05) is 30.3 Å². The molecule has 0 atom stereocenters. The fraction of sp³-hybridized carbons (Fsp3) is 0.364. The Balaban J connectivity index is 1.50. The number of urea groups is 1. The smallest absolute Gasteiger partial charge is 0.321 e. The van der Waals surface area contributed by atoms with Crippen molar-refractivity contribution in [2.45, 2.75) is 25.4 Å². The first-order valence-electron chi connectivity index (χ1n) is 10.1. The number of ether oxygens (including phenoxy) is 1. The van der Waals surface area contributed by atoms with Crippen LogP contribution in [0.4, 0.5) is 16.2 Å². The van der Waals surface area contributed by atoms with Gasteiger partial charge in [-0.15, -0.1) is 0 Å². The molecular formula is C22H25ClN4O3. The SMILES string of the molecule is CCN1c2ccc(Cl)cc2C(=O)NC12CCN(C(=O)Nc1ccccc1OC)CC2. The molecule has 0 radical (unpaired) electrons. The predicted molar refractivity (Wildman–Crippen MR) is 117 cm³/mol. The van der Waals surface area contributed by atoms with E-state index in [1.165, 1.54) is 0 Å². The summed E-state index contributed by atoms with van der Waals surface area (Å²) in [5.74, 6) is 0.496. The number of benzene rings is 2. The Bertz CT molecular complexity index is 973. The Morgan fingerprint density at radius 2 is 1.97 bits per heavy atom. The van der Waals surface area contributed by atoms with Gasteiger partial charge in [0.1, 0.15) is 11.4 Å². The van der Waals surface area contributed by atoms with Crippen LogP contribution in [0.1, 0.15) is 30.1 Å². The second-order valence-corrected chi connectivity index (χ2v) is 7.95. The summed E-state index contributed by atoms with van der Waals surface area (Å²) in [5.41, 5.74) is 1.61. The number of piperidine rings is 1. The summed E-state index contributed by atoms with van der Waals surface area (Å²) in [5, 5.41) is 6.66. The molecule has 0 bridgehead atoms. The largest absolute Gasteiger partial charge is 0.495 e. The highest BCUT2D eigenvalue weighted by atomic mass is 35.5. The first-order valence-corrected chi connectivity index (χ1v) is 10.4. The maximum Gasteiger partial charge on any atom is 0.321 e. The number of likely N-dealkylation sites (tertiary alicyclic amines) is 1. The van der Waals surface area contributed by atoms with Crippen molar-refractivity contribution in [1.29, 1.82) is 0 Å². The molecule has 158 valence electrons. The summed E-state index contributed by atoms with van der Waals surface area (Å²) in [7, 11) is 1.58. The third-order valence-electron chi connectivity index (χ3n) is 5.90. The number of fused-ring (bicyclic) bond motifs is 1. The van der Waals surface area contributed by atoms with E-state index in [9.17, 15) is 9.59 Å². The van der Waals surface area contributed by atoms with Crippen LogP contribution in [-0.4, -0.2) is 49.2 Å². The van der Waals surface area contributed by atoms with Crippen LogP contribution in [0.15, 0.2) is 42.5 Å². The van der Waals surface area contributed by atoms with Gasteiger partial charge in [0, 0.05) is 37.5 Å². The third kappa shape index (κ3) is 3.54. The summed E-state index contributed by atoms with van der Waals surface area (Å²) in [6.07, 6.45) is 1.27. The molecule has 30 heavy (non-hydrogen) atoms. The number of anilines is 2. The molecule has 2 aromatic rings. The van der Waals surface area contributed by atoms with Gasteiger partial charge in [-0.05, 0) is 37.3 Å². The Labute approximate surface area is 180 Å². The lowest BCUT2D eigenvalue weighted by atomic mass is 9.90. The van der Waals surface area contributed by atoms with Crippen LogP contribution in [0.25, 0.3) is 0 Å². The molecule has 0 aromatic heterocycles. The minimum Gasteiger partial charge on any atom is -0.495 e. The van der Waals surface area contributed by atoms with Crippen LogP contribution < -0.4 is 20.3 Å². The number of para-hydroxylation sites is 2. The van der Waals surface area contributed by atoms with Gasteiger partial charge >= 0.3 is 6.03 Å². The molecule has 0 aliphatic carbocycles. The maximum absolute atomic E-state index is 12.8. The van der Waals surface area contributed by atoms with Crippen molar-refractivity contribution in [3.05, 3.63) is 53.1 Å².